The molecule has 1 unspecified atom stereocenters. The van der Waals surface area contributed by atoms with E-state index in [1.807, 2.05) is 25.3 Å². The van der Waals surface area contributed by atoms with E-state index in [-0.39, 0.29) is 0 Å². The zero-order chi connectivity index (χ0) is 14.3. The molecule has 1 aromatic carbocycles. The standard InChI is InChI=1S/C14H20N2O2S/c1-14(17,10-19-3)9-16-8-11-4-5-12(7-15)13(6-11)18-2/h4-6,16-17H,8-10H2,1-3H3. The lowest BCUT2D eigenvalue weighted by Crippen LogP contribution is -2.39. The fourth-order valence-corrected chi connectivity index (χ4v) is 2.50. The van der Waals surface area contributed by atoms with Gasteiger partial charge in [-0.25, -0.2) is 0 Å². The summed E-state index contributed by atoms with van der Waals surface area (Å²) in [4.78, 5) is 0. The van der Waals surface area contributed by atoms with Crippen LogP contribution in [0.15, 0.2) is 18.2 Å². The first-order chi connectivity index (χ1) is 9.02. The highest BCUT2D eigenvalue weighted by Crippen LogP contribution is 2.19. The van der Waals surface area contributed by atoms with Crippen molar-refractivity contribution in [3.63, 3.8) is 0 Å². The lowest BCUT2D eigenvalue weighted by molar-refractivity contribution is 0.0846. The Morgan fingerprint density at radius 1 is 1.53 bits per heavy atom. The molecule has 0 fully saturated rings. The third-order valence-corrected chi connectivity index (χ3v) is 3.59. The van der Waals surface area contributed by atoms with E-state index in [9.17, 15) is 5.11 Å². The summed E-state index contributed by atoms with van der Waals surface area (Å²) in [5.74, 6) is 1.27. The zero-order valence-corrected chi connectivity index (χ0v) is 12.4. The van der Waals surface area contributed by atoms with E-state index < -0.39 is 5.60 Å². The van der Waals surface area contributed by atoms with E-state index in [1.165, 1.54) is 0 Å². The van der Waals surface area contributed by atoms with Crippen LogP contribution >= 0.6 is 11.8 Å². The number of methoxy groups -OCH3 is 1. The molecule has 0 aliphatic heterocycles. The molecule has 0 bridgehead atoms. The molecule has 0 saturated heterocycles. The van der Waals surface area contributed by atoms with Crippen LogP contribution in [0.5, 0.6) is 5.75 Å². The van der Waals surface area contributed by atoms with Crippen LogP contribution < -0.4 is 10.1 Å². The van der Waals surface area contributed by atoms with E-state index >= 15 is 0 Å². The third kappa shape index (κ3) is 5.11. The van der Waals surface area contributed by atoms with Crippen molar-refractivity contribution < 1.29 is 9.84 Å². The average molecular weight is 280 g/mol. The minimum Gasteiger partial charge on any atom is -0.495 e. The Hall–Kier alpha value is -1.22. The van der Waals surface area contributed by atoms with Gasteiger partial charge in [-0.2, -0.15) is 17.0 Å². The Labute approximate surface area is 118 Å². The molecule has 0 saturated carbocycles. The van der Waals surface area contributed by atoms with Gasteiger partial charge in [0.05, 0.1) is 18.3 Å². The maximum atomic E-state index is 10.0. The van der Waals surface area contributed by atoms with E-state index in [2.05, 4.69) is 11.4 Å². The zero-order valence-electron chi connectivity index (χ0n) is 11.6. The van der Waals surface area contributed by atoms with Crippen molar-refractivity contribution in [2.75, 3.05) is 25.7 Å². The summed E-state index contributed by atoms with van der Waals surface area (Å²) in [6.07, 6.45) is 1.97. The molecule has 0 aliphatic carbocycles. The van der Waals surface area contributed by atoms with Crippen molar-refractivity contribution in [1.82, 2.24) is 5.32 Å². The van der Waals surface area contributed by atoms with E-state index in [4.69, 9.17) is 10.00 Å². The molecule has 1 aromatic rings. The summed E-state index contributed by atoms with van der Waals surface area (Å²) in [6.45, 7) is 2.97. The van der Waals surface area contributed by atoms with Crippen molar-refractivity contribution in [2.24, 2.45) is 0 Å². The van der Waals surface area contributed by atoms with Crippen LogP contribution in [0.4, 0.5) is 0 Å². The van der Waals surface area contributed by atoms with Gasteiger partial charge in [-0.15, -0.1) is 0 Å². The third-order valence-electron chi connectivity index (χ3n) is 2.68. The highest BCUT2D eigenvalue weighted by molar-refractivity contribution is 7.98. The van der Waals surface area contributed by atoms with Gasteiger partial charge in [0.2, 0.25) is 0 Å². The molecule has 1 atom stereocenters. The Kier molecular flexibility index (Phi) is 6.16. The van der Waals surface area contributed by atoms with Crippen molar-refractivity contribution >= 4 is 11.8 Å². The summed E-state index contributed by atoms with van der Waals surface area (Å²) < 4.78 is 5.16. The molecule has 0 aliphatic rings. The van der Waals surface area contributed by atoms with Gasteiger partial charge in [0.15, 0.2) is 0 Å². The van der Waals surface area contributed by atoms with Crippen molar-refractivity contribution in [3.8, 4) is 11.8 Å². The number of nitriles is 1. The number of rotatable bonds is 7. The Balaban J connectivity index is 2.57. The number of aliphatic hydroxyl groups is 1. The van der Waals surface area contributed by atoms with Crippen molar-refractivity contribution in [2.45, 2.75) is 19.1 Å². The molecule has 5 heteroatoms. The number of hydrogen-bond donors (Lipinski definition) is 2. The average Bonchev–Trinajstić information content (AvgIpc) is 2.38. The molecule has 0 heterocycles. The van der Waals surface area contributed by atoms with Crippen LogP contribution in [-0.4, -0.2) is 36.4 Å². The van der Waals surface area contributed by atoms with Crippen LogP contribution in [0.1, 0.15) is 18.1 Å². The molecule has 104 valence electrons. The number of nitrogens with zero attached hydrogens (tertiary/aromatic N) is 1. The van der Waals surface area contributed by atoms with E-state index in [1.54, 1.807) is 24.9 Å². The molecule has 0 radical (unpaired) electrons. The predicted molar refractivity (Wildman–Crippen MR) is 78.4 cm³/mol. The van der Waals surface area contributed by atoms with Gasteiger partial charge in [0, 0.05) is 18.8 Å². The fourth-order valence-electron chi connectivity index (χ4n) is 1.78. The number of thioether (sulfide) groups is 1. The van der Waals surface area contributed by atoms with E-state index in [0.717, 1.165) is 5.56 Å². The number of benzene rings is 1. The van der Waals surface area contributed by atoms with Crippen molar-refractivity contribution in [3.05, 3.63) is 29.3 Å². The number of nitrogens with one attached hydrogen (secondary N) is 1. The van der Waals surface area contributed by atoms with E-state index in [0.29, 0.717) is 30.2 Å². The summed E-state index contributed by atoms with van der Waals surface area (Å²) in [5, 5.41) is 22.1. The Morgan fingerprint density at radius 3 is 2.84 bits per heavy atom. The first kappa shape index (κ1) is 15.8. The van der Waals surface area contributed by atoms with Gasteiger partial charge in [-0.1, -0.05) is 6.07 Å². The van der Waals surface area contributed by atoms with Crippen LogP contribution in [0, 0.1) is 11.3 Å². The molecule has 0 aromatic heterocycles. The molecule has 4 nitrogen and oxygen atoms in total. The number of hydrogen-bond acceptors (Lipinski definition) is 5. The minimum atomic E-state index is -0.712. The SMILES string of the molecule is COc1cc(CNCC(C)(O)CSC)ccc1C#N. The first-order valence-electron chi connectivity index (χ1n) is 6.01. The summed E-state index contributed by atoms with van der Waals surface area (Å²) in [5.41, 5.74) is 0.840. The lowest BCUT2D eigenvalue weighted by Gasteiger charge is -2.22. The topological polar surface area (TPSA) is 65.3 Å². The van der Waals surface area contributed by atoms with Crippen LogP contribution in [0.3, 0.4) is 0 Å². The molecule has 1 rings (SSSR count). The maximum absolute atomic E-state index is 10.0. The van der Waals surface area contributed by atoms with Gasteiger partial charge in [-0.05, 0) is 30.9 Å². The predicted octanol–water partition coefficient (Wildman–Crippen LogP) is 1.77. The van der Waals surface area contributed by atoms with Gasteiger partial charge in [-0.3, -0.25) is 0 Å². The molecular formula is C14H20N2O2S. The second kappa shape index (κ2) is 7.39. The highest BCUT2D eigenvalue weighted by atomic mass is 32.2. The number of ether oxygens (including phenoxy) is 1. The summed E-state index contributed by atoms with van der Waals surface area (Å²) in [7, 11) is 1.55. The van der Waals surface area contributed by atoms with Gasteiger partial charge >= 0.3 is 0 Å². The van der Waals surface area contributed by atoms with Gasteiger partial charge < -0.3 is 15.2 Å². The molecule has 2 N–H and O–H groups in total. The Bertz CT molecular complexity index is 455. The normalized spacial score (nSPS) is 13.6. The van der Waals surface area contributed by atoms with Crippen LogP contribution in [0.2, 0.25) is 0 Å². The van der Waals surface area contributed by atoms with Gasteiger partial charge in [0.25, 0.3) is 0 Å². The second-order valence-electron chi connectivity index (χ2n) is 4.68. The second-order valence-corrected chi connectivity index (χ2v) is 5.55. The quantitative estimate of drug-likeness (QED) is 0.797. The fraction of sp³-hybridized carbons (Fsp3) is 0.500. The summed E-state index contributed by atoms with van der Waals surface area (Å²) in [6, 6.07) is 7.56. The van der Waals surface area contributed by atoms with Crippen LogP contribution in [0.25, 0.3) is 0 Å². The molecule has 19 heavy (non-hydrogen) atoms. The monoisotopic (exact) mass is 280 g/mol. The highest BCUT2D eigenvalue weighted by Gasteiger charge is 2.18. The molecule has 0 spiro atoms. The maximum Gasteiger partial charge on any atom is 0.136 e. The smallest absolute Gasteiger partial charge is 0.136 e. The largest absolute Gasteiger partial charge is 0.495 e. The molecule has 0 amide bonds. The minimum absolute atomic E-state index is 0.524. The molecular weight excluding hydrogens is 260 g/mol. The summed E-state index contributed by atoms with van der Waals surface area (Å²) >= 11 is 1.62. The van der Waals surface area contributed by atoms with Crippen molar-refractivity contribution in [1.29, 1.82) is 5.26 Å². The lowest BCUT2D eigenvalue weighted by atomic mass is 10.1. The van der Waals surface area contributed by atoms with Gasteiger partial charge in [0.1, 0.15) is 11.8 Å². The Morgan fingerprint density at radius 2 is 2.26 bits per heavy atom. The first-order valence-corrected chi connectivity index (χ1v) is 7.41. The van der Waals surface area contributed by atoms with Crippen LogP contribution in [-0.2, 0) is 6.54 Å².